The highest BCUT2D eigenvalue weighted by molar-refractivity contribution is 5.53. The largest absolute Gasteiger partial charge is 0.412 e. The molecule has 4 aliphatic rings. The van der Waals surface area contributed by atoms with Gasteiger partial charge in [-0.25, -0.2) is 39.5 Å². The van der Waals surface area contributed by atoms with Crippen molar-refractivity contribution in [2.75, 3.05) is 0 Å². The number of alkyl halides is 18. The molecule has 0 aromatic carbocycles. The van der Waals surface area contributed by atoms with Crippen LogP contribution >= 0.6 is 0 Å². The highest BCUT2D eigenvalue weighted by Crippen LogP contribution is 2.92. The lowest BCUT2D eigenvalue weighted by molar-refractivity contribution is -0.634. The van der Waals surface area contributed by atoms with Gasteiger partial charge in [0, 0.05) is 0 Å². The number of hydrogen-bond donors (Lipinski definition) is 0. The molecule has 0 spiro atoms. The summed E-state index contributed by atoms with van der Waals surface area (Å²) >= 11 is 0. The summed E-state index contributed by atoms with van der Waals surface area (Å²) in [7, 11) is 0. The molecule has 4 bridgehead atoms. The topological polar surface area (TPSA) is 0 Å². The van der Waals surface area contributed by atoms with Crippen LogP contribution in [0, 0.1) is 5.41 Å². The van der Waals surface area contributed by atoms with Crippen LogP contribution in [0.5, 0.6) is 0 Å². The second-order valence-electron chi connectivity index (χ2n) is 6.67. The van der Waals surface area contributed by atoms with Crippen LogP contribution in [0.4, 0.5) is 79.0 Å². The minimum atomic E-state index is -8.43. The van der Waals surface area contributed by atoms with Crippen molar-refractivity contribution in [3.05, 3.63) is 0 Å². The van der Waals surface area contributed by atoms with Crippen LogP contribution in [0.1, 0.15) is 0 Å². The van der Waals surface area contributed by atoms with Crippen LogP contribution < -0.4 is 0 Å². The van der Waals surface area contributed by atoms with Crippen molar-refractivity contribution < 1.29 is 79.0 Å². The van der Waals surface area contributed by atoms with Crippen LogP contribution in [0.15, 0.2) is 0 Å². The van der Waals surface area contributed by atoms with Crippen LogP contribution in [0.2, 0.25) is 0 Å². The van der Waals surface area contributed by atoms with Crippen LogP contribution in [0.25, 0.3) is 0 Å². The van der Waals surface area contributed by atoms with Crippen molar-refractivity contribution in [2.24, 2.45) is 5.41 Å². The Morgan fingerprint density at radius 3 is 0.621 bits per heavy atom. The Labute approximate surface area is 144 Å². The lowest BCUT2D eigenvalue weighted by atomic mass is 9.36. The second-order valence-corrected chi connectivity index (χ2v) is 6.67. The first-order valence-electron chi connectivity index (χ1n) is 6.65. The minimum Gasteiger partial charge on any atom is -0.223 e. The molecule has 0 N–H and O–H groups in total. The maximum Gasteiger partial charge on any atom is 0.412 e. The van der Waals surface area contributed by atoms with Gasteiger partial charge < -0.3 is 0 Å². The van der Waals surface area contributed by atoms with Crippen molar-refractivity contribution >= 4 is 0 Å². The molecule has 0 saturated heterocycles. The van der Waals surface area contributed by atoms with E-state index in [2.05, 4.69) is 0 Å². The molecular formula is C11F18. The summed E-state index contributed by atoms with van der Waals surface area (Å²) in [6, 6.07) is 0. The molecule has 29 heavy (non-hydrogen) atoms. The summed E-state index contributed by atoms with van der Waals surface area (Å²) in [6.45, 7) is 0. The number of rotatable bonds is 0. The predicted molar refractivity (Wildman–Crippen MR) is 49.7 cm³/mol. The van der Waals surface area contributed by atoms with Gasteiger partial charge in [-0.05, 0) is 0 Å². The van der Waals surface area contributed by atoms with Gasteiger partial charge in [0.1, 0.15) is 0 Å². The molecule has 170 valence electrons. The molecule has 18 heteroatoms. The van der Waals surface area contributed by atoms with Crippen molar-refractivity contribution in [2.45, 2.75) is 58.7 Å². The molecule has 0 amide bonds. The number of hydrogen-bond acceptors (Lipinski definition) is 0. The van der Waals surface area contributed by atoms with E-state index in [4.69, 9.17) is 0 Å². The Morgan fingerprint density at radius 1 is 0.310 bits per heavy atom. The quantitative estimate of drug-likeness (QED) is 0.407. The molecule has 4 saturated carbocycles. The van der Waals surface area contributed by atoms with E-state index in [-0.39, 0.29) is 0 Å². The molecule has 0 unspecified atom stereocenters. The zero-order chi connectivity index (χ0) is 23.5. The van der Waals surface area contributed by atoms with Gasteiger partial charge in [-0.2, -0.15) is 39.5 Å². The third-order valence-corrected chi connectivity index (χ3v) is 5.73. The highest BCUT2D eigenvalue weighted by atomic mass is 19.4. The molecule has 4 fully saturated rings. The summed E-state index contributed by atoms with van der Waals surface area (Å²) in [6.07, 6.45) is -8.28. The molecular weight excluding hydrogens is 474 g/mol. The zero-order valence-corrected chi connectivity index (χ0v) is 12.3. The van der Waals surface area contributed by atoms with E-state index in [9.17, 15) is 79.0 Å². The summed E-state index contributed by atoms with van der Waals surface area (Å²) in [5.41, 5.74) is -33.0. The van der Waals surface area contributed by atoms with Crippen LogP contribution in [0.3, 0.4) is 0 Å². The first kappa shape index (κ1) is 22.4. The summed E-state index contributed by atoms with van der Waals surface area (Å²) < 4.78 is 249. The molecule has 4 aliphatic carbocycles. The van der Waals surface area contributed by atoms with E-state index in [1.54, 1.807) is 0 Å². The Balaban J connectivity index is 2.80. The van der Waals surface area contributed by atoms with Crippen molar-refractivity contribution in [1.82, 2.24) is 0 Å². The Morgan fingerprint density at radius 2 is 0.483 bits per heavy atom. The summed E-state index contributed by atoms with van der Waals surface area (Å²) in [4.78, 5) is 0. The highest BCUT2D eigenvalue weighted by Gasteiger charge is 3.25. The van der Waals surface area contributed by atoms with E-state index in [0.29, 0.717) is 0 Å². The average Bonchev–Trinajstić information content (AvgIpc) is 2.45. The second kappa shape index (κ2) is 4.23. The first-order chi connectivity index (χ1) is 12.2. The predicted octanol–water partition coefficient (Wildman–Crippen LogP) is 5.51. The fraction of sp³-hybridized carbons (Fsp3) is 1.00. The molecule has 0 atom stereocenters. The standard InChI is InChI=1S/C11F18/c12-2-5(15,16)1(11(27,28)29)6(17,18)3(13,8(2,21)22)10(25,26)4(14,7(1,19)20)9(2,23)24. The van der Waals surface area contributed by atoms with Gasteiger partial charge in [-0.15, -0.1) is 0 Å². The maximum atomic E-state index is 14.3. The van der Waals surface area contributed by atoms with Gasteiger partial charge in [0.05, 0.1) is 0 Å². The smallest absolute Gasteiger partial charge is 0.223 e. The fourth-order valence-electron chi connectivity index (χ4n) is 4.39. The molecule has 0 nitrogen and oxygen atoms in total. The van der Waals surface area contributed by atoms with Crippen molar-refractivity contribution in [3.8, 4) is 0 Å². The van der Waals surface area contributed by atoms with Gasteiger partial charge >= 0.3 is 58.7 Å². The van der Waals surface area contributed by atoms with Crippen LogP contribution in [-0.4, -0.2) is 58.7 Å². The summed E-state index contributed by atoms with van der Waals surface area (Å²) in [5.74, 6) is -49.9. The molecule has 0 aliphatic heterocycles. The third kappa shape index (κ3) is 1.22. The van der Waals surface area contributed by atoms with Crippen LogP contribution in [-0.2, 0) is 0 Å². The van der Waals surface area contributed by atoms with Gasteiger partial charge in [-0.3, -0.25) is 0 Å². The Bertz CT molecular complexity index is 673. The molecule has 4 rings (SSSR count). The molecule has 0 aromatic rings. The van der Waals surface area contributed by atoms with E-state index in [0.717, 1.165) is 0 Å². The monoisotopic (exact) mass is 474 g/mol. The molecule has 0 radical (unpaired) electrons. The van der Waals surface area contributed by atoms with Gasteiger partial charge in [0.2, 0.25) is 0 Å². The molecule has 0 heterocycles. The lowest BCUT2D eigenvalue weighted by Crippen LogP contribution is -3.08. The van der Waals surface area contributed by atoms with E-state index < -0.39 is 64.1 Å². The number of halogens is 18. The third-order valence-electron chi connectivity index (χ3n) is 5.73. The summed E-state index contributed by atoms with van der Waals surface area (Å²) in [5, 5.41) is 0. The minimum absolute atomic E-state index is 8.21. The lowest BCUT2D eigenvalue weighted by Gasteiger charge is -2.74. The Kier molecular flexibility index (Phi) is 3.27. The normalized spacial score (nSPS) is 49.9. The van der Waals surface area contributed by atoms with Gasteiger partial charge in [-0.1, -0.05) is 0 Å². The average molecular weight is 474 g/mol. The van der Waals surface area contributed by atoms with E-state index in [1.165, 1.54) is 0 Å². The zero-order valence-electron chi connectivity index (χ0n) is 12.3. The van der Waals surface area contributed by atoms with Crippen molar-refractivity contribution in [1.29, 1.82) is 0 Å². The first-order valence-corrected chi connectivity index (χ1v) is 6.65. The fourth-order valence-corrected chi connectivity index (χ4v) is 4.39. The van der Waals surface area contributed by atoms with Gasteiger partial charge in [0.15, 0.2) is 0 Å². The van der Waals surface area contributed by atoms with Gasteiger partial charge in [0.25, 0.3) is 5.41 Å². The molecule has 0 aromatic heterocycles. The Hall–Kier alpha value is -1.26. The maximum absolute atomic E-state index is 14.3. The van der Waals surface area contributed by atoms with E-state index >= 15 is 0 Å². The van der Waals surface area contributed by atoms with Crippen molar-refractivity contribution in [3.63, 3.8) is 0 Å². The SMILES string of the molecule is FC(F)(F)C12C(F)(F)C3(F)C(F)(F)C(F)(C(F)(F)C(F)(C3(F)F)C1(F)F)C2(F)F. The van der Waals surface area contributed by atoms with E-state index in [1.807, 2.05) is 0 Å².